The summed E-state index contributed by atoms with van der Waals surface area (Å²) in [6.07, 6.45) is 0. The molecule has 0 radical (unpaired) electrons. The van der Waals surface area contributed by atoms with Crippen molar-refractivity contribution in [2.75, 3.05) is 19.1 Å². The fraction of sp³-hybridized carbons (Fsp3) is 0.150. The Hall–Kier alpha value is -3.64. The van der Waals surface area contributed by atoms with Gasteiger partial charge in [-0.15, -0.1) is 11.3 Å². The number of rotatable bonds is 4. The number of nitrogens with zero attached hydrogens (tertiary/aromatic N) is 2. The Kier molecular flexibility index (Phi) is 5.66. The van der Waals surface area contributed by atoms with Crippen molar-refractivity contribution >= 4 is 29.0 Å². The molecular formula is C20H16FN3O4S. The van der Waals surface area contributed by atoms with Crippen LogP contribution in [0.3, 0.4) is 0 Å². The van der Waals surface area contributed by atoms with Crippen LogP contribution in [0.15, 0.2) is 64.4 Å². The standard InChI is InChI=1S/C20H16FN3O4S/c1-27-19(25)16-15(14-4-3-9-29-14)13(10-22)18(23)24(17(16)20(26)28-2)12-7-5-11(21)6-8-12/h3-9,15H,23H2,1-2H3/t15-/m1/s1. The molecule has 0 spiro atoms. The second kappa shape index (κ2) is 8.16. The van der Waals surface area contributed by atoms with Crippen LogP contribution in [-0.4, -0.2) is 26.2 Å². The van der Waals surface area contributed by atoms with Gasteiger partial charge in [-0.1, -0.05) is 6.07 Å². The molecule has 0 unspecified atom stereocenters. The Morgan fingerprint density at radius 2 is 1.83 bits per heavy atom. The molecule has 148 valence electrons. The highest BCUT2D eigenvalue weighted by molar-refractivity contribution is 7.10. The Balaban J connectivity index is 2.38. The normalized spacial score (nSPS) is 16.5. The van der Waals surface area contributed by atoms with E-state index in [1.807, 2.05) is 6.07 Å². The van der Waals surface area contributed by atoms with Crippen molar-refractivity contribution in [2.24, 2.45) is 5.73 Å². The van der Waals surface area contributed by atoms with Crippen molar-refractivity contribution in [1.82, 2.24) is 0 Å². The van der Waals surface area contributed by atoms with Gasteiger partial charge in [-0.05, 0) is 35.7 Å². The number of hydrogen-bond acceptors (Lipinski definition) is 8. The van der Waals surface area contributed by atoms with E-state index in [4.69, 9.17) is 15.2 Å². The topological polar surface area (TPSA) is 106 Å². The van der Waals surface area contributed by atoms with Gasteiger partial charge in [-0.2, -0.15) is 5.26 Å². The maximum absolute atomic E-state index is 13.4. The third-order valence-corrected chi connectivity index (χ3v) is 5.33. The van der Waals surface area contributed by atoms with Crippen LogP contribution in [0, 0.1) is 17.1 Å². The summed E-state index contributed by atoms with van der Waals surface area (Å²) in [5.41, 5.74) is 6.35. The number of halogens is 1. The minimum absolute atomic E-state index is 0.0600. The largest absolute Gasteiger partial charge is 0.466 e. The SMILES string of the molecule is COC(=O)C1=C(C(=O)OC)N(c2ccc(F)cc2)C(N)=C(C#N)[C@@H]1c1cccs1. The zero-order chi connectivity index (χ0) is 21.1. The molecule has 1 aromatic heterocycles. The first-order chi connectivity index (χ1) is 13.9. The number of benzene rings is 1. The van der Waals surface area contributed by atoms with Gasteiger partial charge in [-0.3, -0.25) is 4.90 Å². The molecule has 1 atom stereocenters. The summed E-state index contributed by atoms with van der Waals surface area (Å²) >= 11 is 1.30. The van der Waals surface area contributed by atoms with E-state index >= 15 is 0 Å². The number of allylic oxidation sites excluding steroid dienone is 1. The molecule has 0 bridgehead atoms. The molecule has 0 saturated carbocycles. The fourth-order valence-corrected chi connectivity index (χ4v) is 3.98. The van der Waals surface area contributed by atoms with Gasteiger partial charge in [-0.25, -0.2) is 14.0 Å². The average molecular weight is 413 g/mol. The molecule has 3 rings (SSSR count). The lowest BCUT2D eigenvalue weighted by molar-refractivity contribution is -0.139. The lowest BCUT2D eigenvalue weighted by Crippen LogP contribution is -2.40. The second-order valence-corrected chi connectivity index (χ2v) is 6.90. The molecule has 2 N–H and O–H groups in total. The molecular weight excluding hydrogens is 397 g/mol. The zero-order valence-electron chi connectivity index (χ0n) is 15.5. The zero-order valence-corrected chi connectivity index (χ0v) is 16.3. The summed E-state index contributed by atoms with van der Waals surface area (Å²) in [5, 5.41) is 11.6. The summed E-state index contributed by atoms with van der Waals surface area (Å²) in [7, 11) is 2.33. The number of anilines is 1. The summed E-state index contributed by atoms with van der Waals surface area (Å²) in [5.74, 6) is -3.13. The molecule has 9 heteroatoms. The highest BCUT2D eigenvalue weighted by atomic mass is 32.1. The number of methoxy groups -OCH3 is 2. The summed E-state index contributed by atoms with van der Waals surface area (Å²) in [6.45, 7) is 0. The molecule has 2 heterocycles. The number of carbonyl (C=O) groups excluding carboxylic acids is 2. The number of thiophene rings is 1. The van der Waals surface area contributed by atoms with Gasteiger partial charge in [0.1, 0.15) is 17.3 Å². The molecule has 1 aliphatic heterocycles. The van der Waals surface area contributed by atoms with E-state index < -0.39 is 23.7 Å². The average Bonchev–Trinajstić information content (AvgIpc) is 3.27. The Morgan fingerprint density at radius 3 is 2.34 bits per heavy atom. The number of esters is 2. The first-order valence-corrected chi connectivity index (χ1v) is 9.22. The van der Waals surface area contributed by atoms with Gasteiger partial charge in [0.15, 0.2) is 0 Å². The summed E-state index contributed by atoms with van der Waals surface area (Å²) < 4.78 is 23.2. The predicted molar refractivity (Wildman–Crippen MR) is 104 cm³/mol. The highest BCUT2D eigenvalue weighted by Crippen LogP contribution is 2.44. The van der Waals surface area contributed by atoms with Crippen molar-refractivity contribution in [3.8, 4) is 6.07 Å². The first-order valence-electron chi connectivity index (χ1n) is 8.34. The first kappa shape index (κ1) is 20.1. The van der Waals surface area contributed by atoms with Crippen LogP contribution in [0.4, 0.5) is 10.1 Å². The smallest absolute Gasteiger partial charge is 0.355 e. The van der Waals surface area contributed by atoms with Gasteiger partial charge in [0.05, 0.1) is 37.4 Å². The Bertz CT molecular complexity index is 1050. The molecule has 1 aliphatic rings. The van der Waals surface area contributed by atoms with E-state index in [0.29, 0.717) is 4.88 Å². The van der Waals surface area contributed by atoms with Gasteiger partial charge in [0, 0.05) is 10.6 Å². The van der Waals surface area contributed by atoms with Crippen LogP contribution in [-0.2, 0) is 19.1 Å². The van der Waals surface area contributed by atoms with Crippen molar-refractivity contribution < 1.29 is 23.5 Å². The van der Waals surface area contributed by atoms with Crippen LogP contribution in [0.5, 0.6) is 0 Å². The lowest BCUT2D eigenvalue weighted by atomic mass is 9.84. The van der Waals surface area contributed by atoms with Crippen LogP contribution in [0.25, 0.3) is 0 Å². The van der Waals surface area contributed by atoms with E-state index in [-0.39, 0.29) is 28.4 Å². The number of nitriles is 1. The van der Waals surface area contributed by atoms with Gasteiger partial charge < -0.3 is 15.2 Å². The molecule has 7 nitrogen and oxygen atoms in total. The monoisotopic (exact) mass is 413 g/mol. The maximum Gasteiger partial charge on any atom is 0.355 e. The second-order valence-electron chi connectivity index (χ2n) is 5.92. The minimum Gasteiger partial charge on any atom is -0.466 e. The van der Waals surface area contributed by atoms with Crippen molar-refractivity contribution in [1.29, 1.82) is 5.26 Å². The van der Waals surface area contributed by atoms with Crippen LogP contribution < -0.4 is 10.6 Å². The van der Waals surface area contributed by atoms with E-state index in [2.05, 4.69) is 0 Å². The molecule has 0 fully saturated rings. The highest BCUT2D eigenvalue weighted by Gasteiger charge is 2.43. The third kappa shape index (κ3) is 3.46. The van der Waals surface area contributed by atoms with E-state index in [0.717, 1.165) is 7.11 Å². The van der Waals surface area contributed by atoms with Gasteiger partial charge >= 0.3 is 11.9 Å². The van der Waals surface area contributed by atoms with Crippen molar-refractivity contribution in [3.63, 3.8) is 0 Å². The molecule has 29 heavy (non-hydrogen) atoms. The third-order valence-electron chi connectivity index (χ3n) is 4.39. The minimum atomic E-state index is -0.904. The van der Waals surface area contributed by atoms with Crippen molar-refractivity contribution in [3.05, 3.63) is 75.1 Å². The quantitative estimate of drug-likeness (QED) is 0.768. The van der Waals surface area contributed by atoms with Gasteiger partial charge in [0.25, 0.3) is 0 Å². The van der Waals surface area contributed by atoms with E-state index in [9.17, 15) is 19.2 Å². The van der Waals surface area contributed by atoms with Crippen LogP contribution >= 0.6 is 11.3 Å². The Morgan fingerprint density at radius 1 is 1.17 bits per heavy atom. The fourth-order valence-electron chi connectivity index (χ4n) is 3.13. The van der Waals surface area contributed by atoms with E-state index in [1.165, 1.54) is 47.6 Å². The Labute approximate surface area is 170 Å². The molecule has 0 saturated heterocycles. The van der Waals surface area contributed by atoms with Gasteiger partial charge in [0.2, 0.25) is 0 Å². The molecule has 0 aliphatic carbocycles. The van der Waals surface area contributed by atoms with Crippen LogP contribution in [0.2, 0.25) is 0 Å². The summed E-state index contributed by atoms with van der Waals surface area (Å²) in [6, 6.07) is 10.6. The predicted octanol–water partition coefficient (Wildman–Crippen LogP) is 2.78. The van der Waals surface area contributed by atoms with Crippen LogP contribution in [0.1, 0.15) is 10.8 Å². The van der Waals surface area contributed by atoms with E-state index in [1.54, 1.807) is 17.5 Å². The summed E-state index contributed by atoms with van der Waals surface area (Å²) in [4.78, 5) is 27.3. The number of nitrogens with two attached hydrogens (primary N) is 1. The lowest BCUT2D eigenvalue weighted by Gasteiger charge is -2.35. The maximum atomic E-state index is 13.4. The molecule has 1 aromatic carbocycles. The number of ether oxygens (including phenoxy) is 2. The van der Waals surface area contributed by atoms with Crippen molar-refractivity contribution in [2.45, 2.75) is 5.92 Å². The molecule has 2 aromatic rings. The molecule has 0 amide bonds. The number of hydrogen-bond donors (Lipinski definition) is 1. The number of carbonyl (C=O) groups is 2.